The molecule has 6 rings (SSSR count). The Morgan fingerprint density at radius 1 is 0.757 bits per heavy atom. The highest BCUT2D eigenvalue weighted by Gasteiger charge is 2.31. The van der Waals surface area contributed by atoms with E-state index in [9.17, 15) is 0 Å². The van der Waals surface area contributed by atoms with Crippen molar-refractivity contribution < 1.29 is 0 Å². The Hall–Kier alpha value is -3.47. The van der Waals surface area contributed by atoms with Gasteiger partial charge in [-0.05, 0) is 81.5 Å². The Morgan fingerprint density at radius 3 is 2.08 bits per heavy atom. The van der Waals surface area contributed by atoms with E-state index in [0.29, 0.717) is 0 Å². The smallest absolute Gasteiger partial charge is 0.225 e. The van der Waals surface area contributed by atoms with Crippen molar-refractivity contribution in [2.24, 2.45) is 11.8 Å². The van der Waals surface area contributed by atoms with Crippen molar-refractivity contribution >= 4 is 22.7 Å². The summed E-state index contributed by atoms with van der Waals surface area (Å²) in [6, 6.07) is 17.6. The van der Waals surface area contributed by atoms with Gasteiger partial charge in [0.25, 0.3) is 0 Å². The summed E-state index contributed by atoms with van der Waals surface area (Å²) in [6.07, 6.45) is 9.07. The van der Waals surface area contributed by atoms with Crippen molar-refractivity contribution in [1.82, 2.24) is 15.0 Å². The van der Waals surface area contributed by atoms with Gasteiger partial charge >= 0.3 is 0 Å². The number of nitrogens with zero attached hydrogens (tertiary/aromatic N) is 5. The molecule has 2 heterocycles. The van der Waals surface area contributed by atoms with Crippen molar-refractivity contribution in [2.75, 3.05) is 22.9 Å². The molecule has 4 aromatic rings. The molecule has 0 N–H and O–H groups in total. The van der Waals surface area contributed by atoms with E-state index in [4.69, 9.17) is 4.98 Å². The Bertz CT molecular complexity index is 1360. The van der Waals surface area contributed by atoms with Gasteiger partial charge in [-0.25, -0.2) is 15.0 Å². The molecule has 5 heteroatoms. The van der Waals surface area contributed by atoms with Crippen LogP contribution >= 0.6 is 0 Å². The molecular formula is C32H37N5. The number of aryl methyl sites for hydroxylation is 3. The van der Waals surface area contributed by atoms with Gasteiger partial charge in [0, 0.05) is 49.5 Å². The average Bonchev–Trinajstić information content (AvgIpc) is 3.80. The molecule has 2 aromatic heterocycles. The molecule has 0 spiro atoms. The third-order valence-corrected chi connectivity index (χ3v) is 7.61. The Morgan fingerprint density at radius 2 is 1.43 bits per heavy atom. The second-order valence-corrected chi connectivity index (χ2v) is 11.3. The number of anilines is 2. The summed E-state index contributed by atoms with van der Waals surface area (Å²) >= 11 is 0. The molecule has 0 aliphatic heterocycles. The van der Waals surface area contributed by atoms with E-state index in [1.165, 1.54) is 58.9 Å². The van der Waals surface area contributed by atoms with Gasteiger partial charge in [0.2, 0.25) is 5.95 Å². The minimum atomic E-state index is 0.717. The summed E-state index contributed by atoms with van der Waals surface area (Å²) in [5.41, 5.74) is 7.47. The summed E-state index contributed by atoms with van der Waals surface area (Å²) in [4.78, 5) is 19.6. The predicted molar refractivity (Wildman–Crippen MR) is 152 cm³/mol. The summed E-state index contributed by atoms with van der Waals surface area (Å²) < 4.78 is 0. The standard InChI is InChI=1S/C32H37N5/c1-22-14-23(2)16-27(15-22)20-37(32-33-12-5-13-34-32)21-29-17-28-7-4-6-24(3)30(28)35-31(29)36(18-25-8-9-25)19-26-10-11-26/h4-7,12-17,25-26H,8-11,18-21H2,1-3H3. The molecule has 0 amide bonds. The van der Waals surface area contributed by atoms with E-state index in [1.54, 1.807) is 0 Å². The molecule has 0 radical (unpaired) electrons. The molecule has 37 heavy (non-hydrogen) atoms. The minimum absolute atomic E-state index is 0.717. The van der Waals surface area contributed by atoms with Crippen LogP contribution < -0.4 is 9.80 Å². The van der Waals surface area contributed by atoms with Crippen LogP contribution in [0.5, 0.6) is 0 Å². The van der Waals surface area contributed by atoms with E-state index in [2.05, 4.69) is 83.0 Å². The quantitative estimate of drug-likeness (QED) is 0.245. The number of rotatable bonds is 10. The van der Waals surface area contributed by atoms with Gasteiger partial charge in [0.1, 0.15) is 5.82 Å². The fourth-order valence-corrected chi connectivity index (χ4v) is 5.48. The lowest BCUT2D eigenvalue weighted by Crippen LogP contribution is -2.32. The fourth-order valence-electron chi connectivity index (χ4n) is 5.48. The van der Waals surface area contributed by atoms with Gasteiger partial charge in [0.15, 0.2) is 0 Å². The van der Waals surface area contributed by atoms with Gasteiger partial charge in [-0.1, -0.05) is 47.5 Å². The van der Waals surface area contributed by atoms with Crippen LogP contribution in [0.25, 0.3) is 10.9 Å². The number of hydrogen-bond acceptors (Lipinski definition) is 5. The first kappa shape index (κ1) is 23.9. The molecule has 2 aromatic carbocycles. The van der Waals surface area contributed by atoms with Gasteiger partial charge in [-0.15, -0.1) is 0 Å². The van der Waals surface area contributed by atoms with E-state index in [0.717, 1.165) is 55.3 Å². The van der Waals surface area contributed by atoms with E-state index in [-0.39, 0.29) is 0 Å². The van der Waals surface area contributed by atoms with E-state index >= 15 is 0 Å². The van der Waals surface area contributed by atoms with Crippen molar-refractivity contribution in [3.8, 4) is 0 Å². The number of pyridine rings is 1. The molecule has 0 unspecified atom stereocenters. The van der Waals surface area contributed by atoms with Crippen LogP contribution in [0.1, 0.15) is 53.5 Å². The maximum Gasteiger partial charge on any atom is 0.225 e. The first-order valence-electron chi connectivity index (χ1n) is 13.7. The van der Waals surface area contributed by atoms with Crippen LogP contribution in [-0.2, 0) is 13.1 Å². The maximum atomic E-state index is 5.38. The van der Waals surface area contributed by atoms with Crippen molar-refractivity contribution in [3.63, 3.8) is 0 Å². The highest BCUT2D eigenvalue weighted by molar-refractivity contribution is 5.84. The number of benzene rings is 2. The second kappa shape index (κ2) is 10.1. The Kier molecular flexibility index (Phi) is 6.54. The van der Waals surface area contributed by atoms with E-state index < -0.39 is 0 Å². The minimum Gasteiger partial charge on any atom is -0.356 e. The predicted octanol–water partition coefficient (Wildman–Crippen LogP) is 6.78. The zero-order chi connectivity index (χ0) is 25.4. The highest BCUT2D eigenvalue weighted by Crippen LogP contribution is 2.37. The summed E-state index contributed by atoms with van der Waals surface area (Å²) in [5.74, 6) is 3.53. The largest absolute Gasteiger partial charge is 0.356 e. The van der Waals surface area contributed by atoms with Gasteiger partial charge in [-0.3, -0.25) is 0 Å². The number of fused-ring (bicyclic) bond motifs is 1. The van der Waals surface area contributed by atoms with Gasteiger partial charge in [0.05, 0.1) is 5.52 Å². The monoisotopic (exact) mass is 491 g/mol. The lowest BCUT2D eigenvalue weighted by atomic mass is 10.1. The summed E-state index contributed by atoms with van der Waals surface area (Å²) in [5, 5.41) is 1.21. The van der Waals surface area contributed by atoms with Crippen molar-refractivity contribution in [1.29, 1.82) is 0 Å². The van der Waals surface area contributed by atoms with Crippen LogP contribution in [0.4, 0.5) is 11.8 Å². The number of aromatic nitrogens is 3. The third kappa shape index (κ3) is 5.76. The molecule has 5 nitrogen and oxygen atoms in total. The maximum absolute atomic E-state index is 5.38. The van der Waals surface area contributed by atoms with Crippen LogP contribution in [0, 0.1) is 32.6 Å². The topological polar surface area (TPSA) is 45.2 Å². The molecule has 0 saturated heterocycles. The lowest BCUT2D eigenvalue weighted by molar-refractivity contribution is 0.665. The fraction of sp³-hybridized carbons (Fsp3) is 0.406. The lowest BCUT2D eigenvalue weighted by Gasteiger charge is -2.30. The van der Waals surface area contributed by atoms with Crippen molar-refractivity contribution in [2.45, 2.75) is 59.5 Å². The van der Waals surface area contributed by atoms with Crippen LogP contribution in [0.3, 0.4) is 0 Å². The number of para-hydroxylation sites is 1. The zero-order valence-electron chi connectivity index (χ0n) is 22.3. The van der Waals surface area contributed by atoms with Crippen LogP contribution in [0.15, 0.2) is 60.9 Å². The van der Waals surface area contributed by atoms with Gasteiger partial charge in [-0.2, -0.15) is 0 Å². The summed E-state index contributed by atoms with van der Waals surface area (Å²) in [7, 11) is 0. The van der Waals surface area contributed by atoms with Crippen LogP contribution in [-0.4, -0.2) is 28.0 Å². The molecular weight excluding hydrogens is 454 g/mol. The molecule has 190 valence electrons. The van der Waals surface area contributed by atoms with Gasteiger partial charge < -0.3 is 9.80 Å². The normalized spacial score (nSPS) is 15.2. The summed E-state index contributed by atoms with van der Waals surface area (Å²) in [6.45, 7) is 10.2. The first-order valence-corrected chi connectivity index (χ1v) is 13.7. The molecule has 2 aliphatic rings. The number of hydrogen-bond donors (Lipinski definition) is 0. The Balaban J connectivity index is 1.42. The van der Waals surface area contributed by atoms with E-state index in [1.807, 2.05) is 18.5 Å². The molecule has 2 saturated carbocycles. The molecule has 0 atom stereocenters. The second-order valence-electron chi connectivity index (χ2n) is 11.3. The van der Waals surface area contributed by atoms with Crippen LogP contribution in [0.2, 0.25) is 0 Å². The SMILES string of the molecule is Cc1cc(C)cc(CN(Cc2cc3cccc(C)c3nc2N(CC2CC2)CC2CC2)c2ncccn2)c1. The third-order valence-electron chi connectivity index (χ3n) is 7.61. The first-order chi connectivity index (χ1) is 18.0. The zero-order valence-corrected chi connectivity index (χ0v) is 22.3. The average molecular weight is 492 g/mol. The molecule has 0 bridgehead atoms. The highest BCUT2D eigenvalue weighted by atomic mass is 15.3. The Labute approximate surface area is 220 Å². The molecule has 2 fully saturated rings. The van der Waals surface area contributed by atoms with Crippen molar-refractivity contribution in [3.05, 3.63) is 88.7 Å². The molecule has 2 aliphatic carbocycles.